The molecule has 0 radical (unpaired) electrons. The topological polar surface area (TPSA) is 60.2 Å². The van der Waals surface area contributed by atoms with Crippen LogP contribution in [-0.2, 0) is 0 Å². The Labute approximate surface area is 122 Å². The number of nitro groups is 1. The zero-order chi connectivity index (χ0) is 15.4. The first-order valence-electron chi connectivity index (χ1n) is 6.51. The van der Waals surface area contributed by atoms with Gasteiger partial charge in [-0.25, -0.2) is 0 Å². The summed E-state index contributed by atoms with van der Waals surface area (Å²) in [6, 6.07) is 12.1. The lowest BCUT2D eigenvalue weighted by Gasteiger charge is -2.00. The summed E-state index contributed by atoms with van der Waals surface area (Å²) >= 11 is 0. The fourth-order valence-corrected chi connectivity index (χ4v) is 1.93. The van der Waals surface area contributed by atoms with Gasteiger partial charge in [-0.1, -0.05) is 35.9 Å². The highest BCUT2D eigenvalue weighted by molar-refractivity contribution is 6.07. The lowest BCUT2D eigenvalue weighted by Crippen LogP contribution is -1.95. The second-order valence-electron chi connectivity index (χ2n) is 4.88. The van der Waals surface area contributed by atoms with Crippen LogP contribution in [0.1, 0.15) is 27.0 Å². The van der Waals surface area contributed by atoms with E-state index in [9.17, 15) is 14.9 Å². The number of rotatable bonds is 4. The summed E-state index contributed by atoms with van der Waals surface area (Å²) in [7, 11) is 0. The van der Waals surface area contributed by atoms with Crippen LogP contribution in [0, 0.1) is 24.0 Å². The van der Waals surface area contributed by atoms with E-state index in [4.69, 9.17) is 0 Å². The highest BCUT2D eigenvalue weighted by Crippen LogP contribution is 2.21. The maximum atomic E-state index is 12.0. The summed E-state index contributed by atoms with van der Waals surface area (Å²) < 4.78 is 0. The summed E-state index contributed by atoms with van der Waals surface area (Å²) in [5.41, 5.74) is 2.87. The number of nitrogens with zero attached hydrogens (tertiary/aromatic N) is 1. The Morgan fingerprint density at radius 3 is 2.29 bits per heavy atom. The third-order valence-corrected chi connectivity index (χ3v) is 3.13. The molecule has 2 aromatic carbocycles. The van der Waals surface area contributed by atoms with Crippen LogP contribution >= 0.6 is 0 Å². The molecule has 0 N–H and O–H groups in total. The van der Waals surface area contributed by atoms with E-state index in [1.807, 2.05) is 19.1 Å². The van der Waals surface area contributed by atoms with Crippen molar-refractivity contribution in [3.63, 3.8) is 0 Å². The molecule has 0 aliphatic carbocycles. The summed E-state index contributed by atoms with van der Waals surface area (Å²) in [6.45, 7) is 3.73. The third kappa shape index (κ3) is 3.63. The Bertz CT molecular complexity index is 715. The molecule has 0 saturated heterocycles. The number of nitro benzene ring substituents is 1. The first-order chi connectivity index (χ1) is 9.97. The maximum absolute atomic E-state index is 12.0. The number of carbonyl (C=O) groups is 1. The van der Waals surface area contributed by atoms with Gasteiger partial charge in [0.2, 0.25) is 0 Å². The van der Waals surface area contributed by atoms with Gasteiger partial charge in [-0.3, -0.25) is 14.9 Å². The van der Waals surface area contributed by atoms with Crippen molar-refractivity contribution in [2.24, 2.45) is 0 Å². The van der Waals surface area contributed by atoms with E-state index in [-0.39, 0.29) is 11.5 Å². The zero-order valence-electron chi connectivity index (χ0n) is 11.9. The quantitative estimate of drug-likeness (QED) is 0.367. The lowest BCUT2D eigenvalue weighted by atomic mass is 10.1. The van der Waals surface area contributed by atoms with Gasteiger partial charge in [0.05, 0.1) is 10.5 Å². The van der Waals surface area contributed by atoms with Crippen molar-refractivity contribution >= 4 is 17.5 Å². The Kier molecular flexibility index (Phi) is 4.28. The predicted octanol–water partition coefficient (Wildman–Crippen LogP) is 4.11. The van der Waals surface area contributed by atoms with E-state index in [1.165, 1.54) is 18.2 Å². The minimum Gasteiger partial charge on any atom is -0.289 e. The first kappa shape index (κ1) is 14.7. The number of carbonyl (C=O) groups excluding carboxylic acids is 1. The highest BCUT2D eigenvalue weighted by atomic mass is 16.6. The molecule has 0 amide bonds. The highest BCUT2D eigenvalue weighted by Gasteiger charge is 2.11. The molecule has 106 valence electrons. The normalized spacial score (nSPS) is 10.8. The molecule has 0 saturated carbocycles. The van der Waals surface area contributed by atoms with Gasteiger partial charge in [0.15, 0.2) is 5.78 Å². The fraction of sp³-hybridized carbons (Fsp3) is 0.118. The number of allylic oxidation sites excluding steroid dienone is 1. The van der Waals surface area contributed by atoms with Gasteiger partial charge >= 0.3 is 0 Å². The van der Waals surface area contributed by atoms with Crippen LogP contribution in [0.15, 0.2) is 48.5 Å². The lowest BCUT2D eigenvalue weighted by molar-refractivity contribution is -0.385. The van der Waals surface area contributed by atoms with Crippen molar-refractivity contribution in [3.8, 4) is 0 Å². The molecule has 2 rings (SSSR count). The van der Waals surface area contributed by atoms with E-state index in [1.54, 1.807) is 31.2 Å². The van der Waals surface area contributed by atoms with Crippen LogP contribution in [0.2, 0.25) is 0 Å². The summed E-state index contributed by atoms with van der Waals surface area (Å²) in [5.74, 6) is -0.176. The molecule has 4 nitrogen and oxygen atoms in total. The van der Waals surface area contributed by atoms with E-state index in [0.29, 0.717) is 11.1 Å². The van der Waals surface area contributed by atoms with Crippen molar-refractivity contribution in [1.29, 1.82) is 0 Å². The van der Waals surface area contributed by atoms with Gasteiger partial charge in [0, 0.05) is 11.6 Å². The maximum Gasteiger partial charge on any atom is 0.276 e. The van der Waals surface area contributed by atoms with E-state index in [0.717, 1.165) is 11.1 Å². The number of hydrogen-bond donors (Lipinski definition) is 0. The van der Waals surface area contributed by atoms with Crippen LogP contribution in [-0.4, -0.2) is 10.7 Å². The smallest absolute Gasteiger partial charge is 0.276 e. The van der Waals surface area contributed by atoms with Crippen LogP contribution < -0.4 is 0 Å². The van der Waals surface area contributed by atoms with Crippen LogP contribution in [0.5, 0.6) is 0 Å². The number of hydrogen-bond acceptors (Lipinski definition) is 3. The molecule has 0 fully saturated rings. The number of ketones is 1. The van der Waals surface area contributed by atoms with E-state index < -0.39 is 4.92 Å². The van der Waals surface area contributed by atoms with Crippen LogP contribution in [0.3, 0.4) is 0 Å². The van der Waals surface area contributed by atoms with Crippen LogP contribution in [0.4, 0.5) is 5.69 Å². The molecule has 0 aliphatic rings. The van der Waals surface area contributed by atoms with Crippen molar-refractivity contribution in [1.82, 2.24) is 0 Å². The number of aryl methyl sites for hydroxylation is 2. The van der Waals surface area contributed by atoms with Gasteiger partial charge in [-0.15, -0.1) is 0 Å². The van der Waals surface area contributed by atoms with Crippen molar-refractivity contribution in [2.45, 2.75) is 13.8 Å². The summed E-state index contributed by atoms with van der Waals surface area (Å²) in [5, 5.41) is 11.0. The number of benzene rings is 2. The average Bonchev–Trinajstić information content (AvgIpc) is 2.46. The largest absolute Gasteiger partial charge is 0.289 e. The molecule has 0 heterocycles. The van der Waals surface area contributed by atoms with Crippen molar-refractivity contribution in [3.05, 3.63) is 80.9 Å². The molecule has 0 unspecified atom stereocenters. The monoisotopic (exact) mass is 281 g/mol. The van der Waals surface area contributed by atoms with E-state index >= 15 is 0 Å². The second kappa shape index (κ2) is 6.13. The molecule has 0 aliphatic heterocycles. The minimum atomic E-state index is -0.441. The molecular weight excluding hydrogens is 266 g/mol. The standard InChI is InChI=1S/C17H15NO3/c1-12-3-7-15(8-4-12)17(19)10-9-14-6-5-13(2)11-16(14)18(20)21/h3-11H,1-2H3/b10-9+. The molecule has 2 aromatic rings. The zero-order valence-corrected chi connectivity index (χ0v) is 11.9. The minimum absolute atomic E-state index is 0.00274. The van der Waals surface area contributed by atoms with Crippen molar-refractivity contribution in [2.75, 3.05) is 0 Å². The predicted molar refractivity (Wildman–Crippen MR) is 82.4 cm³/mol. The molecule has 4 heteroatoms. The molecule has 0 bridgehead atoms. The Morgan fingerprint density at radius 2 is 1.67 bits per heavy atom. The summed E-state index contributed by atoms with van der Waals surface area (Å²) in [4.78, 5) is 22.6. The van der Waals surface area contributed by atoms with Crippen molar-refractivity contribution < 1.29 is 9.72 Å². The summed E-state index contributed by atoms with van der Waals surface area (Å²) in [6.07, 6.45) is 2.85. The molecule has 0 spiro atoms. The van der Waals surface area contributed by atoms with Gasteiger partial charge in [-0.05, 0) is 37.6 Å². The Hall–Kier alpha value is -2.75. The van der Waals surface area contributed by atoms with Crippen LogP contribution in [0.25, 0.3) is 6.08 Å². The van der Waals surface area contributed by atoms with Gasteiger partial charge in [-0.2, -0.15) is 0 Å². The van der Waals surface area contributed by atoms with Gasteiger partial charge in [0.1, 0.15) is 0 Å². The molecule has 21 heavy (non-hydrogen) atoms. The average molecular weight is 281 g/mol. The SMILES string of the molecule is Cc1ccc(C(=O)/C=C/c2ccc(C)cc2[N+](=O)[O-])cc1. The van der Waals surface area contributed by atoms with E-state index in [2.05, 4.69) is 0 Å². The van der Waals surface area contributed by atoms with Gasteiger partial charge in [0.25, 0.3) is 5.69 Å². The van der Waals surface area contributed by atoms with Gasteiger partial charge < -0.3 is 0 Å². The molecular formula is C17H15NO3. The Morgan fingerprint density at radius 1 is 1.05 bits per heavy atom. The molecule has 0 aromatic heterocycles. The first-order valence-corrected chi connectivity index (χ1v) is 6.51. The fourth-order valence-electron chi connectivity index (χ4n) is 1.93. The third-order valence-electron chi connectivity index (χ3n) is 3.13. The molecule has 0 atom stereocenters. The Balaban J connectivity index is 2.27. The second-order valence-corrected chi connectivity index (χ2v) is 4.88.